The fraction of sp³-hybridized carbons (Fsp3) is 0.667. The number of carbonyl (C=O) groups excluding carboxylic acids is 2. The number of hydrogen-bond donors (Lipinski definition) is 8. The summed E-state index contributed by atoms with van der Waals surface area (Å²) in [5.74, 6) is -0.982. The summed E-state index contributed by atoms with van der Waals surface area (Å²) in [5.41, 5.74) is 4.21. The van der Waals surface area contributed by atoms with E-state index in [9.17, 15) is 53.1 Å². The van der Waals surface area contributed by atoms with Crippen molar-refractivity contribution in [2.45, 2.75) is 50.9 Å². The molecule has 23 nitrogen and oxygen atoms in total. The van der Waals surface area contributed by atoms with Gasteiger partial charge in [-0.1, -0.05) is 13.8 Å². The highest BCUT2D eigenvalue weighted by molar-refractivity contribution is 7.80. The van der Waals surface area contributed by atoms with E-state index in [2.05, 4.69) is 51.6 Å². The quantitative estimate of drug-likeness (QED) is 0.0556. The van der Waals surface area contributed by atoms with Gasteiger partial charge >= 0.3 is 15.6 Å². The average Bonchev–Trinajstić information content (AvgIpc) is 3.54. The van der Waals surface area contributed by atoms with Gasteiger partial charge in [0.25, 0.3) is 0 Å². The lowest BCUT2D eigenvalue weighted by molar-refractivity contribution is -0.347. The molecule has 0 bridgehead atoms. The van der Waals surface area contributed by atoms with Gasteiger partial charge in [0, 0.05) is 30.7 Å². The topological polar surface area (TPSA) is 352 Å². The van der Waals surface area contributed by atoms with Crippen molar-refractivity contribution < 1.29 is 75.7 Å². The number of thiol groups is 1. The van der Waals surface area contributed by atoms with Gasteiger partial charge < -0.3 is 60.0 Å². The summed E-state index contributed by atoms with van der Waals surface area (Å²) in [6.45, 7) is 0.622. The molecule has 2 aromatic rings. The molecular formula is C21H34N7O16P3S-2. The molecular weight excluding hydrogens is 731 g/mol. The Morgan fingerprint density at radius 1 is 1.15 bits per heavy atom. The highest BCUT2D eigenvalue weighted by Gasteiger charge is 2.48. The van der Waals surface area contributed by atoms with Gasteiger partial charge in [0.15, 0.2) is 17.7 Å². The van der Waals surface area contributed by atoms with Gasteiger partial charge in [-0.25, -0.2) is 24.1 Å². The van der Waals surface area contributed by atoms with E-state index in [1.165, 1.54) is 13.8 Å². The highest BCUT2D eigenvalue weighted by Crippen LogP contribution is 2.61. The minimum absolute atomic E-state index is 0.00617. The minimum Gasteiger partial charge on any atom is -0.790 e. The number of nitrogens with zero attached hydrogens (tertiary/aromatic N) is 4. The zero-order valence-electron chi connectivity index (χ0n) is 25.1. The molecule has 2 aromatic heterocycles. The number of nitrogens with two attached hydrogens (primary N) is 1. The van der Waals surface area contributed by atoms with Crippen molar-refractivity contribution in [2.75, 3.05) is 37.8 Å². The third-order valence-corrected chi connectivity index (χ3v) is 9.81. The molecule has 0 saturated carbocycles. The second-order valence-electron chi connectivity index (χ2n) is 10.7. The third kappa shape index (κ3) is 11.2. The first-order chi connectivity index (χ1) is 22.2. The number of imidazole rings is 1. The summed E-state index contributed by atoms with van der Waals surface area (Å²) in [6.07, 6.45) is -7.15. The van der Waals surface area contributed by atoms with E-state index in [0.29, 0.717) is 12.3 Å². The number of phosphoric acid groups is 3. The van der Waals surface area contributed by atoms with Crippen LogP contribution in [0.15, 0.2) is 12.7 Å². The molecule has 272 valence electrons. The molecule has 2 amide bonds. The number of aliphatic hydroxyl groups excluding tert-OH is 2. The number of hydrogen-bond acceptors (Lipinski definition) is 19. The van der Waals surface area contributed by atoms with Crippen LogP contribution < -0.4 is 26.2 Å². The molecule has 48 heavy (non-hydrogen) atoms. The van der Waals surface area contributed by atoms with Crippen LogP contribution in [0.5, 0.6) is 0 Å². The van der Waals surface area contributed by atoms with Crippen molar-refractivity contribution >= 4 is 64.9 Å². The van der Waals surface area contributed by atoms with Gasteiger partial charge in [-0.15, -0.1) is 0 Å². The van der Waals surface area contributed by atoms with Crippen molar-refractivity contribution in [2.24, 2.45) is 5.41 Å². The Labute approximate surface area is 277 Å². The number of aromatic nitrogens is 4. The third-order valence-electron chi connectivity index (χ3n) is 6.50. The Balaban J connectivity index is 1.61. The lowest BCUT2D eigenvalue weighted by Gasteiger charge is -2.34. The van der Waals surface area contributed by atoms with Crippen LogP contribution in [-0.2, 0) is 45.9 Å². The molecule has 0 radical (unpaired) electrons. The number of amides is 2. The van der Waals surface area contributed by atoms with Crippen molar-refractivity contribution in [3.63, 3.8) is 0 Å². The summed E-state index contributed by atoms with van der Waals surface area (Å²) in [6, 6.07) is 0. The first kappa shape index (κ1) is 40.3. The van der Waals surface area contributed by atoms with Crippen molar-refractivity contribution in [1.29, 1.82) is 0 Å². The predicted octanol–water partition coefficient (Wildman–Crippen LogP) is -2.93. The predicted molar refractivity (Wildman–Crippen MR) is 159 cm³/mol. The van der Waals surface area contributed by atoms with Gasteiger partial charge in [-0.3, -0.25) is 23.2 Å². The maximum atomic E-state index is 12.6. The van der Waals surface area contributed by atoms with E-state index < -0.39 is 78.6 Å². The number of nitrogens with one attached hydrogen (secondary N) is 2. The monoisotopic (exact) mass is 765 g/mol. The second kappa shape index (κ2) is 16.3. The molecule has 7 atom stereocenters. The number of rotatable bonds is 18. The Morgan fingerprint density at radius 3 is 2.46 bits per heavy atom. The van der Waals surface area contributed by atoms with Gasteiger partial charge in [0.2, 0.25) is 11.8 Å². The molecule has 0 aliphatic carbocycles. The summed E-state index contributed by atoms with van der Waals surface area (Å²) in [5, 5.41) is 26.0. The van der Waals surface area contributed by atoms with Crippen LogP contribution in [0.4, 0.5) is 5.82 Å². The largest absolute Gasteiger partial charge is 0.790 e. The summed E-state index contributed by atoms with van der Waals surface area (Å²) in [4.78, 5) is 78.5. The van der Waals surface area contributed by atoms with Crippen molar-refractivity contribution in [3.05, 3.63) is 12.7 Å². The van der Waals surface area contributed by atoms with Crippen LogP contribution in [0, 0.1) is 5.41 Å². The molecule has 1 saturated heterocycles. The van der Waals surface area contributed by atoms with Crippen LogP contribution in [-0.4, -0.2) is 108 Å². The zero-order chi connectivity index (χ0) is 36.1. The Hall–Kier alpha value is -2.11. The fourth-order valence-corrected chi connectivity index (χ4v) is 7.05. The van der Waals surface area contributed by atoms with Crippen LogP contribution >= 0.6 is 36.1 Å². The number of aliphatic hydroxyl groups is 2. The molecule has 1 aliphatic rings. The number of carbonyl (C=O) groups is 2. The van der Waals surface area contributed by atoms with Crippen molar-refractivity contribution in [3.8, 4) is 0 Å². The first-order valence-corrected chi connectivity index (χ1v) is 18.7. The standard InChI is InChI=1S/C21H36N7O16P3S/c1-21(2,16(31)19(32)24-4-3-12(29)23-5-6-48)8-41-47(38,39)44-46(36,37)40-7-11-15(43-45(33,34)35)14(30)20(42-11)28-10-27-13-17(22)25-9-26-18(13)28/h9-11,14-16,20,30-31,48H,3-8H2,1-2H3,(H,23,29)(H,24,32)(H,36,37)(H,38,39)(H2,22,25,26)(H2,33,34,35)/p-2. The molecule has 3 heterocycles. The zero-order valence-corrected chi connectivity index (χ0v) is 28.7. The number of ether oxygens (including phenoxy) is 1. The van der Waals surface area contributed by atoms with Crippen molar-refractivity contribution in [1.82, 2.24) is 30.2 Å². The van der Waals surface area contributed by atoms with Crippen LogP contribution in [0.25, 0.3) is 11.2 Å². The van der Waals surface area contributed by atoms with Gasteiger partial charge in [0.05, 0.1) is 27.4 Å². The van der Waals surface area contributed by atoms with Crippen LogP contribution in [0.3, 0.4) is 0 Å². The molecule has 7 unspecified atom stereocenters. The summed E-state index contributed by atoms with van der Waals surface area (Å²) in [7, 11) is -16.8. The van der Waals surface area contributed by atoms with E-state index in [1.54, 1.807) is 0 Å². The molecule has 1 fully saturated rings. The highest BCUT2D eigenvalue weighted by atomic mass is 32.1. The Bertz CT molecular complexity index is 1590. The normalized spacial score (nSPS) is 23.4. The Kier molecular flexibility index (Phi) is 13.7. The minimum atomic E-state index is -5.81. The van der Waals surface area contributed by atoms with Crippen LogP contribution in [0.2, 0.25) is 0 Å². The Morgan fingerprint density at radius 2 is 1.81 bits per heavy atom. The number of nitrogen functional groups attached to an aromatic ring is 1. The first-order valence-electron chi connectivity index (χ1n) is 13.6. The summed E-state index contributed by atoms with van der Waals surface area (Å²) >= 11 is 3.94. The summed E-state index contributed by atoms with van der Waals surface area (Å²) < 4.78 is 61.0. The lowest BCUT2D eigenvalue weighted by Crippen LogP contribution is -2.46. The molecule has 0 spiro atoms. The van der Waals surface area contributed by atoms with E-state index in [0.717, 1.165) is 17.2 Å². The van der Waals surface area contributed by atoms with E-state index in [-0.39, 0.29) is 35.9 Å². The number of fused-ring (bicyclic) bond motifs is 1. The van der Waals surface area contributed by atoms with Gasteiger partial charge in [-0.2, -0.15) is 16.9 Å². The maximum Gasteiger partial charge on any atom is 0.481 e. The fourth-order valence-electron chi connectivity index (χ4n) is 4.13. The molecule has 1 aliphatic heterocycles. The number of phosphoric ester groups is 3. The maximum absolute atomic E-state index is 12.6. The SMILES string of the molecule is CC(C)(COP(=O)(O)OP(=O)(O)OCC1OC(n2cnc3c(N)ncnc32)C(O)C1OP(=O)([O-])[O-])C(O)C(=O)NCCC(=O)NCCS. The van der Waals surface area contributed by atoms with Crippen LogP contribution in [0.1, 0.15) is 26.5 Å². The smallest absolute Gasteiger partial charge is 0.481 e. The number of anilines is 1. The van der Waals surface area contributed by atoms with E-state index >= 15 is 0 Å². The van der Waals surface area contributed by atoms with Gasteiger partial charge in [-0.05, 0) is 0 Å². The average molecular weight is 766 g/mol. The second-order valence-corrected chi connectivity index (χ2v) is 15.3. The molecule has 0 aromatic carbocycles. The molecule has 8 N–H and O–H groups in total. The van der Waals surface area contributed by atoms with E-state index in [4.69, 9.17) is 15.0 Å². The molecule has 27 heteroatoms. The lowest BCUT2D eigenvalue weighted by atomic mass is 9.87. The molecule has 3 rings (SSSR count). The van der Waals surface area contributed by atoms with E-state index in [1.807, 2.05) is 0 Å². The van der Waals surface area contributed by atoms with Gasteiger partial charge in [0.1, 0.15) is 36.3 Å².